The van der Waals surface area contributed by atoms with Crippen molar-refractivity contribution in [2.45, 2.75) is 50.8 Å². The zero-order chi connectivity index (χ0) is 18.8. The Morgan fingerprint density at radius 2 is 1.68 bits per heavy atom. The molecule has 0 saturated heterocycles. The summed E-state index contributed by atoms with van der Waals surface area (Å²) < 4.78 is 66.0. The van der Waals surface area contributed by atoms with Gasteiger partial charge in [0, 0.05) is 12.0 Å². The topological polar surface area (TPSA) is 75.3 Å². The van der Waals surface area contributed by atoms with E-state index in [4.69, 9.17) is 0 Å². The number of nitrogens with one attached hydrogen (secondary N) is 2. The van der Waals surface area contributed by atoms with Gasteiger partial charge in [-0.1, -0.05) is 0 Å². The van der Waals surface area contributed by atoms with Crippen LogP contribution < -0.4 is 10.0 Å². The third-order valence-electron chi connectivity index (χ3n) is 4.34. The lowest BCUT2D eigenvalue weighted by molar-refractivity contribution is -0.120. The molecule has 1 aliphatic carbocycles. The second-order valence-electron chi connectivity index (χ2n) is 6.47. The van der Waals surface area contributed by atoms with Crippen molar-refractivity contribution in [2.75, 3.05) is 5.32 Å². The fourth-order valence-electron chi connectivity index (χ4n) is 2.70. The van der Waals surface area contributed by atoms with Crippen LogP contribution >= 0.6 is 0 Å². The maximum Gasteiger partial charge on any atom is 0.227 e. The first-order valence-corrected chi connectivity index (χ1v) is 9.62. The van der Waals surface area contributed by atoms with E-state index >= 15 is 0 Å². The number of anilines is 1. The van der Waals surface area contributed by atoms with Crippen molar-refractivity contribution in [1.82, 2.24) is 4.72 Å². The van der Waals surface area contributed by atoms with E-state index < -0.39 is 50.2 Å². The molecule has 5 nitrogen and oxygen atoms in total. The average Bonchev–Trinajstić information content (AvgIpc) is 2.55. The molecule has 0 spiro atoms. The zero-order valence-electron chi connectivity index (χ0n) is 14.0. The van der Waals surface area contributed by atoms with E-state index in [1.807, 2.05) is 0 Å². The Labute approximate surface area is 145 Å². The van der Waals surface area contributed by atoms with Gasteiger partial charge in [-0.3, -0.25) is 4.79 Å². The normalized spacial score (nSPS) is 21.4. The molecule has 0 aliphatic heterocycles. The smallest absolute Gasteiger partial charge is 0.227 e. The van der Waals surface area contributed by atoms with Gasteiger partial charge in [-0.15, -0.1) is 0 Å². The summed E-state index contributed by atoms with van der Waals surface area (Å²) in [6.45, 7) is 3.16. The molecule has 0 aromatic heterocycles. The van der Waals surface area contributed by atoms with Crippen molar-refractivity contribution in [1.29, 1.82) is 0 Å². The van der Waals surface area contributed by atoms with E-state index in [1.165, 1.54) is 0 Å². The Hall–Kier alpha value is -1.61. The largest absolute Gasteiger partial charge is 0.323 e. The number of rotatable bonds is 5. The van der Waals surface area contributed by atoms with Crippen molar-refractivity contribution in [3.63, 3.8) is 0 Å². The lowest BCUT2D eigenvalue weighted by Crippen LogP contribution is -2.42. The molecular formula is C16H21F3N2O3S. The lowest BCUT2D eigenvalue weighted by atomic mass is 9.86. The highest BCUT2D eigenvalue weighted by molar-refractivity contribution is 7.90. The summed E-state index contributed by atoms with van der Waals surface area (Å²) in [5, 5.41) is 1.73. The molecule has 1 aromatic rings. The number of hydrogen-bond donors (Lipinski definition) is 2. The number of carbonyl (C=O) groups excluding carboxylic acids is 1. The number of amides is 1. The van der Waals surface area contributed by atoms with Crippen molar-refractivity contribution in [3.05, 3.63) is 29.6 Å². The highest BCUT2D eigenvalue weighted by atomic mass is 32.2. The van der Waals surface area contributed by atoms with Crippen molar-refractivity contribution < 1.29 is 26.4 Å². The van der Waals surface area contributed by atoms with Gasteiger partial charge < -0.3 is 5.32 Å². The van der Waals surface area contributed by atoms with E-state index in [9.17, 15) is 26.4 Å². The molecule has 0 unspecified atom stereocenters. The number of benzene rings is 1. The van der Waals surface area contributed by atoms with Crippen LogP contribution in [-0.2, 0) is 14.8 Å². The van der Waals surface area contributed by atoms with Crippen LogP contribution in [0.25, 0.3) is 0 Å². The van der Waals surface area contributed by atoms with Crippen LogP contribution in [0.2, 0.25) is 0 Å². The second-order valence-corrected chi connectivity index (χ2v) is 8.74. The van der Waals surface area contributed by atoms with Crippen molar-refractivity contribution in [2.24, 2.45) is 5.92 Å². The minimum absolute atomic E-state index is 0.239. The monoisotopic (exact) mass is 378 g/mol. The fraction of sp³-hybridized carbons (Fsp3) is 0.562. The van der Waals surface area contributed by atoms with Crippen LogP contribution in [0.1, 0.15) is 39.5 Å². The van der Waals surface area contributed by atoms with Gasteiger partial charge in [0.25, 0.3) is 0 Å². The Bertz CT molecular complexity index is 745. The molecule has 2 rings (SSSR count). The number of halogens is 3. The molecule has 140 valence electrons. The van der Waals surface area contributed by atoms with Gasteiger partial charge in [-0.25, -0.2) is 26.3 Å². The molecule has 0 bridgehead atoms. The third kappa shape index (κ3) is 4.72. The van der Waals surface area contributed by atoms with Gasteiger partial charge >= 0.3 is 0 Å². The summed E-state index contributed by atoms with van der Waals surface area (Å²) in [5.74, 6) is -5.33. The Kier molecular flexibility index (Phi) is 6.10. The van der Waals surface area contributed by atoms with Crippen LogP contribution in [0.4, 0.5) is 18.9 Å². The minimum Gasteiger partial charge on any atom is -0.323 e. The molecule has 1 fully saturated rings. The maximum atomic E-state index is 13.6. The third-order valence-corrected chi connectivity index (χ3v) is 6.25. The SMILES string of the molecule is CC(C)S(=O)(=O)N[C@H]1CC[C@H](C(=O)Nc2ccc(F)c(F)c2F)CC1. The van der Waals surface area contributed by atoms with Crippen LogP contribution in [0, 0.1) is 23.4 Å². The highest BCUT2D eigenvalue weighted by Gasteiger charge is 2.30. The first-order chi connectivity index (χ1) is 11.6. The summed E-state index contributed by atoms with van der Waals surface area (Å²) in [6.07, 6.45) is 1.79. The van der Waals surface area contributed by atoms with Crippen LogP contribution in [-0.4, -0.2) is 25.6 Å². The standard InChI is InChI=1S/C16H21F3N2O3S/c1-9(2)25(23,24)21-11-5-3-10(4-6-11)16(22)20-13-8-7-12(17)14(18)15(13)19/h7-11,21H,3-6H2,1-2H3,(H,20,22)/t10-,11-. The fourth-order valence-corrected chi connectivity index (χ4v) is 3.67. The minimum atomic E-state index is -3.38. The lowest BCUT2D eigenvalue weighted by Gasteiger charge is -2.28. The average molecular weight is 378 g/mol. The number of hydrogen-bond acceptors (Lipinski definition) is 3. The molecule has 2 N–H and O–H groups in total. The molecule has 0 heterocycles. The summed E-state index contributed by atoms with van der Waals surface area (Å²) in [4.78, 5) is 12.2. The van der Waals surface area contributed by atoms with Crippen molar-refractivity contribution in [3.8, 4) is 0 Å². The van der Waals surface area contributed by atoms with E-state index in [0.717, 1.165) is 12.1 Å². The Balaban J connectivity index is 1.93. The highest BCUT2D eigenvalue weighted by Crippen LogP contribution is 2.27. The van der Waals surface area contributed by atoms with Gasteiger partial charge in [0.1, 0.15) is 0 Å². The Morgan fingerprint density at radius 1 is 1.08 bits per heavy atom. The van der Waals surface area contributed by atoms with Gasteiger partial charge in [0.15, 0.2) is 17.5 Å². The van der Waals surface area contributed by atoms with E-state index in [0.29, 0.717) is 25.7 Å². The summed E-state index contributed by atoms with van der Waals surface area (Å²) in [6, 6.07) is 1.47. The summed E-state index contributed by atoms with van der Waals surface area (Å²) in [7, 11) is -3.38. The summed E-state index contributed by atoms with van der Waals surface area (Å²) >= 11 is 0. The Morgan fingerprint density at radius 3 is 2.24 bits per heavy atom. The second kappa shape index (κ2) is 7.74. The quantitative estimate of drug-likeness (QED) is 0.774. The molecule has 1 aromatic carbocycles. The first-order valence-electron chi connectivity index (χ1n) is 8.07. The molecule has 0 atom stereocenters. The molecule has 1 saturated carbocycles. The predicted molar refractivity (Wildman–Crippen MR) is 87.9 cm³/mol. The molecular weight excluding hydrogens is 357 g/mol. The van der Waals surface area contributed by atoms with Gasteiger partial charge in [0.05, 0.1) is 10.9 Å². The van der Waals surface area contributed by atoms with Crippen molar-refractivity contribution >= 4 is 21.6 Å². The zero-order valence-corrected chi connectivity index (χ0v) is 14.8. The van der Waals surface area contributed by atoms with Crippen LogP contribution in [0.3, 0.4) is 0 Å². The van der Waals surface area contributed by atoms with E-state index in [2.05, 4.69) is 10.0 Å². The van der Waals surface area contributed by atoms with Gasteiger partial charge in [-0.2, -0.15) is 0 Å². The van der Waals surface area contributed by atoms with E-state index in [1.54, 1.807) is 13.8 Å². The molecule has 9 heteroatoms. The summed E-state index contributed by atoms with van der Waals surface area (Å²) in [5.41, 5.74) is -0.411. The van der Waals surface area contributed by atoms with E-state index in [-0.39, 0.29) is 6.04 Å². The number of carbonyl (C=O) groups is 1. The van der Waals surface area contributed by atoms with Gasteiger partial charge in [-0.05, 0) is 51.7 Å². The molecule has 1 amide bonds. The molecule has 1 aliphatic rings. The molecule has 25 heavy (non-hydrogen) atoms. The van der Waals surface area contributed by atoms with Crippen LogP contribution in [0.5, 0.6) is 0 Å². The number of sulfonamides is 1. The van der Waals surface area contributed by atoms with Gasteiger partial charge in [0.2, 0.25) is 15.9 Å². The first kappa shape index (κ1) is 19.7. The van der Waals surface area contributed by atoms with Crippen LogP contribution in [0.15, 0.2) is 12.1 Å². The molecule has 0 radical (unpaired) electrons. The maximum absolute atomic E-state index is 13.6. The predicted octanol–water partition coefficient (Wildman–Crippen LogP) is 2.93.